The van der Waals surface area contributed by atoms with Crippen LogP contribution in [0.2, 0.25) is 0 Å². The molecule has 7 nitrogen and oxygen atoms in total. The number of aryl methyl sites for hydroxylation is 1. The van der Waals surface area contributed by atoms with Gasteiger partial charge in [0.05, 0.1) is 12.7 Å². The molecule has 0 saturated heterocycles. The predicted octanol–water partition coefficient (Wildman–Crippen LogP) is 4.42. The zero-order valence-corrected chi connectivity index (χ0v) is 19.3. The second-order valence-corrected chi connectivity index (χ2v) is 8.69. The SMILES string of the molecule is C=CCOc1ccc([C@H]2CC(=O)Nc3nc(SCc4ccc(C)cc4)[nH]c(=O)c32)cc1OC. The van der Waals surface area contributed by atoms with E-state index in [1.54, 1.807) is 25.3 Å². The summed E-state index contributed by atoms with van der Waals surface area (Å²) in [5, 5.41) is 3.23. The molecule has 8 heteroatoms. The standard InChI is InChI=1S/C25H25N3O4S/c1-4-11-32-19-10-9-17(12-20(19)31-3)18-13-21(29)26-23-22(18)24(30)28-25(27-23)33-14-16-7-5-15(2)6-8-16/h4-10,12,18H,1,11,13-14H2,2-3H3,(H2,26,27,28,29,30)/t18-/m1/s1. The highest BCUT2D eigenvalue weighted by atomic mass is 32.2. The molecule has 2 N–H and O–H groups in total. The summed E-state index contributed by atoms with van der Waals surface area (Å²) >= 11 is 1.42. The highest BCUT2D eigenvalue weighted by Crippen LogP contribution is 2.38. The van der Waals surface area contributed by atoms with Gasteiger partial charge in [-0.15, -0.1) is 0 Å². The van der Waals surface area contributed by atoms with Gasteiger partial charge in [-0.25, -0.2) is 4.98 Å². The van der Waals surface area contributed by atoms with Crippen LogP contribution in [0.25, 0.3) is 0 Å². The third-order valence-corrected chi connectivity index (χ3v) is 6.32. The average molecular weight is 464 g/mol. The maximum absolute atomic E-state index is 13.1. The molecule has 3 aromatic rings. The minimum Gasteiger partial charge on any atom is -0.493 e. The monoisotopic (exact) mass is 463 g/mol. The van der Waals surface area contributed by atoms with Crippen molar-refractivity contribution in [1.29, 1.82) is 0 Å². The summed E-state index contributed by atoms with van der Waals surface area (Å²) in [5.41, 5.74) is 3.27. The molecular formula is C25H25N3O4S. The Kier molecular flexibility index (Phi) is 6.84. The van der Waals surface area contributed by atoms with Crippen LogP contribution < -0.4 is 20.3 Å². The zero-order valence-electron chi connectivity index (χ0n) is 18.5. The Labute approximate surface area is 196 Å². The van der Waals surface area contributed by atoms with Gasteiger partial charge in [-0.3, -0.25) is 9.59 Å². The lowest BCUT2D eigenvalue weighted by Gasteiger charge is -2.25. The van der Waals surface area contributed by atoms with Crippen molar-refractivity contribution in [2.24, 2.45) is 0 Å². The van der Waals surface area contributed by atoms with Crippen LogP contribution in [0.5, 0.6) is 11.5 Å². The fourth-order valence-electron chi connectivity index (χ4n) is 3.71. The second-order valence-electron chi connectivity index (χ2n) is 7.72. The normalized spacial score (nSPS) is 14.8. The highest BCUT2D eigenvalue weighted by Gasteiger charge is 2.31. The third kappa shape index (κ3) is 5.12. The first-order chi connectivity index (χ1) is 16.0. The molecule has 0 spiro atoms. The maximum Gasteiger partial charge on any atom is 0.257 e. The molecule has 170 valence electrons. The lowest BCUT2D eigenvalue weighted by atomic mass is 9.86. The molecule has 0 unspecified atom stereocenters. The van der Waals surface area contributed by atoms with E-state index in [0.717, 1.165) is 11.1 Å². The number of amides is 1. The van der Waals surface area contributed by atoms with Crippen molar-refractivity contribution in [2.75, 3.05) is 19.0 Å². The van der Waals surface area contributed by atoms with E-state index < -0.39 is 5.92 Å². The third-order valence-electron chi connectivity index (χ3n) is 5.37. The molecule has 1 aromatic heterocycles. The number of hydrogen-bond acceptors (Lipinski definition) is 6. The number of hydrogen-bond donors (Lipinski definition) is 2. The van der Waals surface area contributed by atoms with Crippen LogP contribution in [0, 0.1) is 6.92 Å². The Morgan fingerprint density at radius 3 is 2.70 bits per heavy atom. The lowest BCUT2D eigenvalue weighted by molar-refractivity contribution is -0.116. The van der Waals surface area contributed by atoms with Crippen molar-refractivity contribution >= 4 is 23.5 Å². The van der Waals surface area contributed by atoms with Crippen LogP contribution in [-0.4, -0.2) is 29.6 Å². The van der Waals surface area contributed by atoms with Crippen molar-refractivity contribution in [3.05, 3.63) is 87.7 Å². The number of aromatic nitrogens is 2. The molecule has 1 atom stereocenters. The summed E-state index contributed by atoms with van der Waals surface area (Å²) in [4.78, 5) is 33.0. The van der Waals surface area contributed by atoms with Crippen molar-refractivity contribution in [3.63, 3.8) is 0 Å². The molecule has 0 fully saturated rings. The molecular weight excluding hydrogens is 438 g/mol. The smallest absolute Gasteiger partial charge is 0.257 e. The molecule has 0 saturated carbocycles. The highest BCUT2D eigenvalue weighted by molar-refractivity contribution is 7.98. The minimum absolute atomic E-state index is 0.142. The molecule has 33 heavy (non-hydrogen) atoms. The fourth-order valence-corrected chi connectivity index (χ4v) is 4.53. The van der Waals surface area contributed by atoms with E-state index >= 15 is 0 Å². The zero-order chi connectivity index (χ0) is 23.4. The molecule has 2 heterocycles. The quantitative estimate of drug-likeness (QED) is 0.292. The van der Waals surface area contributed by atoms with Crippen molar-refractivity contribution in [1.82, 2.24) is 9.97 Å². The van der Waals surface area contributed by atoms with Gasteiger partial charge in [0.25, 0.3) is 5.56 Å². The molecule has 1 aliphatic heterocycles. The Hall–Kier alpha value is -3.52. The molecule has 2 aromatic carbocycles. The Bertz CT molecular complexity index is 1240. The first kappa shape index (κ1) is 22.7. The number of nitrogens with zero attached hydrogens (tertiary/aromatic N) is 1. The number of methoxy groups -OCH3 is 1. The average Bonchev–Trinajstić information content (AvgIpc) is 2.81. The molecule has 0 bridgehead atoms. The van der Waals surface area contributed by atoms with E-state index in [2.05, 4.69) is 21.9 Å². The summed E-state index contributed by atoms with van der Waals surface area (Å²) in [6.45, 7) is 6.03. The van der Waals surface area contributed by atoms with Gasteiger partial charge in [-0.05, 0) is 30.2 Å². The van der Waals surface area contributed by atoms with E-state index in [4.69, 9.17) is 9.47 Å². The van der Waals surface area contributed by atoms with Crippen molar-refractivity contribution in [3.8, 4) is 11.5 Å². The number of benzene rings is 2. The Balaban J connectivity index is 1.63. The minimum atomic E-state index is -0.441. The van der Waals surface area contributed by atoms with Crippen LogP contribution in [0.4, 0.5) is 5.82 Å². The molecule has 0 radical (unpaired) electrons. The van der Waals surface area contributed by atoms with E-state index in [-0.39, 0.29) is 17.9 Å². The number of thioether (sulfide) groups is 1. The van der Waals surface area contributed by atoms with E-state index in [9.17, 15) is 9.59 Å². The number of carbonyl (C=O) groups excluding carboxylic acids is 1. The first-order valence-electron chi connectivity index (χ1n) is 10.5. The van der Waals surface area contributed by atoms with Gasteiger partial charge in [-0.1, -0.05) is 60.3 Å². The largest absolute Gasteiger partial charge is 0.493 e. The van der Waals surface area contributed by atoms with E-state index in [0.29, 0.717) is 40.4 Å². The lowest BCUT2D eigenvalue weighted by Crippen LogP contribution is -2.31. The number of anilines is 1. The summed E-state index contributed by atoms with van der Waals surface area (Å²) in [6.07, 6.45) is 1.79. The summed E-state index contributed by atoms with van der Waals surface area (Å²) in [6, 6.07) is 13.6. The predicted molar refractivity (Wildman–Crippen MR) is 129 cm³/mol. The van der Waals surface area contributed by atoms with Crippen LogP contribution >= 0.6 is 11.8 Å². The summed E-state index contributed by atoms with van der Waals surface area (Å²) < 4.78 is 11.1. The maximum atomic E-state index is 13.1. The van der Waals surface area contributed by atoms with Crippen molar-refractivity contribution in [2.45, 2.75) is 30.2 Å². The van der Waals surface area contributed by atoms with Crippen LogP contribution in [0.1, 0.15) is 34.6 Å². The van der Waals surface area contributed by atoms with Gasteiger partial charge in [0.1, 0.15) is 12.4 Å². The number of carbonyl (C=O) groups is 1. The number of aromatic amines is 1. The van der Waals surface area contributed by atoms with E-state index in [1.807, 2.05) is 37.3 Å². The van der Waals surface area contributed by atoms with Gasteiger partial charge < -0.3 is 19.8 Å². The van der Waals surface area contributed by atoms with Gasteiger partial charge in [0.15, 0.2) is 16.7 Å². The molecule has 1 aliphatic rings. The number of rotatable bonds is 8. The van der Waals surface area contributed by atoms with Crippen LogP contribution in [0.15, 0.2) is 65.1 Å². The van der Waals surface area contributed by atoms with E-state index in [1.165, 1.54) is 17.3 Å². The van der Waals surface area contributed by atoms with Gasteiger partial charge in [-0.2, -0.15) is 0 Å². The fraction of sp³-hybridized carbons (Fsp3) is 0.240. The van der Waals surface area contributed by atoms with Gasteiger partial charge >= 0.3 is 0 Å². The Morgan fingerprint density at radius 2 is 1.97 bits per heavy atom. The molecule has 0 aliphatic carbocycles. The van der Waals surface area contributed by atoms with Gasteiger partial charge in [0, 0.05) is 18.1 Å². The van der Waals surface area contributed by atoms with Crippen molar-refractivity contribution < 1.29 is 14.3 Å². The van der Waals surface area contributed by atoms with Gasteiger partial charge in [0.2, 0.25) is 5.91 Å². The topological polar surface area (TPSA) is 93.3 Å². The van der Waals surface area contributed by atoms with Crippen LogP contribution in [0.3, 0.4) is 0 Å². The summed E-state index contributed by atoms with van der Waals surface area (Å²) in [5.74, 6) is 1.42. The first-order valence-corrected chi connectivity index (χ1v) is 11.5. The summed E-state index contributed by atoms with van der Waals surface area (Å²) in [7, 11) is 1.55. The Morgan fingerprint density at radius 1 is 1.18 bits per heavy atom. The number of ether oxygens (including phenoxy) is 2. The second kappa shape index (κ2) is 9.95. The molecule has 4 rings (SSSR count). The molecule has 1 amide bonds. The van der Waals surface area contributed by atoms with Crippen LogP contribution in [-0.2, 0) is 10.5 Å². The number of fused-ring (bicyclic) bond motifs is 1. The number of nitrogens with one attached hydrogen (secondary N) is 2. The number of H-pyrrole nitrogens is 1.